The van der Waals surface area contributed by atoms with Crippen molar-refractivity contribution in [3.8, 4) is 0 Å². The van der Waals surface area contributed by atoms with E-state index in [0.29, 0.717) is 12.6 Å². The van der Waals surface area contributed by atoms with Crippen LogP contribution in [0.15, 0.2) is 12.7 Å². The Hall–Kier alpha value is -1.66. The second-order valence-corrected chi connectivity index (χ2v) is 7.73. The van der Waals surface area contributed by atoms with E-state index in [2.05, 4.69) is 21.5 Å². The van der Waals surface area contributed by atoms with Gasteiger partial charge in [-0.2, -0.15) is 5.10 Å². The first-order valence-corrected chi connectivity index (χ1v) is 9.55. The molecule has 0 spiro atoms. The number of rotatable bonds is 6. The smallest absolute Gasteiger partial charge is 0.356 e. The fourth-order valence-corrected chi connectivity index (χ4v) is 4.40. The fraction of sp³-hybridized carbons (Fsp3) is 0.684. The number of carboxylic acids is 1. The van der Waals surface area contributed by atoms with Gasteiger partial charge in [0.25, 0.3) is 0 Å². The van der Waals surface area contributed by atoms with Gasteiger partial charge in [0.15, 0.2) is 5.69 Å². The van der Waals surface area contributed by atoms with E-state index in [-0.39, 0.29) is 5.69 Å². The van der Waals surface area contributed by atoms with E-state index in [1.165, 1.54) is 19.4 Å². The van der Waals surface area contributed by atoms with Crippen LogP contribution in [0.5, 0.6) is 0 Å². The lowest BCUT2D eigenvalue weighted by Crippen LogP contribution is -2.52. The second kappa shape index (κ2) is 6.92. The third-order valence-electron chi connectivity index (χ3n) is 5.96. The number of nitrogens with zero attached hydrogens (tertiary/aromatic N) is 4. The number of hydrogen-bond donors (Lipinski definition) is 1. The molecule has 1 aromatic heterocycles. The molecule has 1 aliphatic heterocycles. The number of piperazine rings is 1. The molecule has 0 amide bonds. The van der Waals surface area contributed by atoms with Crippen molar-refractivity contribution in [1.82, 2.24) is 19.6 Å². The quantitative estimate of drug-likeness (QED) is 0.795. The zero-order chi connectivity index (χ0) is 17.4. The lowest BCUT2D eigenvalue weighted by molar-refractivity contribution is 0.0684. The van der Waals surface area contributed by atoms with E-state index in [1.54, 1.807) is 6.08 Å². The summed E-state index contributed by atoms with van der Waals surface area (Å²) < 4.78 is 1.83. The zero-order valence-electron chi connectivity index (χ0n) is 14.9. The highest BCUT2D eigenvalue weighted by Gasteiger charge is 2.33. The highest BCUT2D eigenvalue weighted by molar-refractivity contribution is 5.87. The summed E-state index contributed by atoms with van der Waals surface area (Å²) in [5, 5.41) is 13.9. The summed E-state index contributed by atoms with van der Waals surface area (Å²) in [6, 6.07) is 0.454. The molecule has 25 heavy (non-hydrogen) atoms. The minimum absolute atomic E-state index is 0.244. The average Bonchev–Trinajstić information content (AvgIpc) is 3.35. The summed E-state index contributed by atoms with van der Waals surface area (Å²) in [4.78, 5) is 16.8. The van der Waals surface area contributed by atoms with Crippen molar-refractivity contribution in [1.29, 1.82) is 0 Å². The second-order valence-electron chi connectivity index (χ2n) is 7.73. The topological polar surface area (TPSA) is 61.6 Å². The number of aromatic carboxylic acids is 1. The van der Waals surface area contributed by atoms with Crippen molar-refractivity contribution >= 4 is 5.97 Å². The maximum atomic E-state index is 11.6. The summed E-state index contributed by atoms with van der Waals surface area (Å²) in [6.07, 6.45) is 7.44. The highest BCUT2D eigenvalue weighted by Crippen LogP contribution is 2.31. The first-order chi connectivity index (χ1) is 12.2. The minimum Gasteiger partial charge on any atom is -0.476 e. The van der Waals surface area contributed by atoms with Gasteiger partial charge in [0.05, 0.1) is 6.54 Å². The Morgan fingerprint density at radius 1 is 1.24 bits per heavy atom. The largest absolute Gasteiger partial charge is 0.476 e. The molecular weight excluding hydrogens is 316 g/mol. The van der Waals surface area contributed by atoms with Crippen LogP contribution in [0.1, 0.15) is 41.0 Å². The van der Waals surface area contributed by atoms with Crippen LogP contribution in [-0.4, -0.2) is 69.4 Å². The van der Waals surface area contributed by atoms with Gasteiger partial charge in [-0.1, -0.05) is 6.08 Å². The molecule has 136 valence electrons. The molecule has 1 atom stereocenters. The molecule has 4 rings (SSSR count). The molecule has 1 aromatic rings. The molecule has 0 bridgehead atoms. The predicted octanol–water partition coefficient (Wildman–Crippen LogP) is 1.65. The molecule has 1 saturated heterocycles. The van der Waals surface area contributed by atoms with Gasteiger partial charge in [0.1, 0.15) is 0 Å². The first kappa shape index (κ1) is 16.8. The van der Waals surface area contributed by atoms with E-state index < -0.39 is 5.97 Å². The Labute approximate surface area is 149 Å². The molecular formula is C19H28N4O2. The molecule has 2 fully saturated rings. The molecule has 0 radical (unpaired) electrons. The van der Waals surface area contributed by atoms with E-state index in [9.17, 15) is 9.90 Å². The van der Waals surface area contributed by atoms with Crippen LogP contribution in [0.4, 0.5) is 0 Å². The first-order valence-electron chi connectivity index (χ1n) is 9.55. The molecule has 2 aliphatic carbocycles. The van der Waals surface area contributed by atoms with Gasteiger partial charge in [-0.3, -0.25) is 9.58 Å². The van der Waals surface area contributed by atoms with Crippen LogP contribution in [0.2, 0.25) is 0 Å². The molecule has 6 nitrogen and oxygen atoms in total. The Bertz CT molecular complexity index is 657. The SMILES string of the molecule is C=CCn1nc(C(=O)O)c2c1CC[C@@H](N1CCN(CC3CC3)CC1)C2. The summed E-state index contributed by atoms with van der Waals surface area (Å²) in [5.41, 5.74) is 2.29. The highest BCUT2D eigenvalue weighted by atomic mass is 16.4. The van der Waals surface area contributed by atoms with Crippen LogP contribution < -0.4 is 0 Å². The normalized spacial score (nSPS) is 24.9. The molecule has 1 N–H and O–H groups in total. The molecule has 3 aliphatic rings. The third-order valence-corrected chi connectivity index (χ3v) is 5.96. The maximum absolute atomic E-state index is 11.6. The standard InChI is InChI=1S/C19H28N4O2/c1-2-7-23-17-6-5-15(12-16(17)18(20-23)19(24)25)22-10-8-21(9-11-22)13-14-3-4-14/h2,14-15H,1,3-13H2,(H,24,25)/t15-/m1/s1. The van der Waals surface area contributed by atoms with Crippen LogP contribution >= 0.6 is 0 Å². The molecule has 2 heterocycles. The number of fused-ring (bicyclic) bond motifs is 1. The Kier molecular flexibility index (Phi) is 4.65. The third kappa shape index (κ3) is 3.51. The van der Waals surface area contributed by atoms with Crippen molar-refractivity contribution < 1.29 is 9.90 Å². The molecule has 6 heteroatoms. The summed E-state index contributed by atoms with van der Waals surface area (Å²) in [7, 11) is 0. The van der Waals surface area contributed by atoms with Crippen LogP contribution in [0.25, 0.3) is 0 Å². The lowest BCUT2D eigenvalue weighted by atomic mass is 9.90. The fourth-order valence-electron chi connectivity index (χ4n) is 4.40. The van der Waals surface area contributed by atoms with E-state index in [1.807, 2.05) is 4.68 Å². The predicted molar refractivity (Wildman–Crippen MR) is 95.9 cm³/mol. The van der Waals surface area contributed by atoms with Crippen LogP contribution in [0, 0.1) is 5.92 Å². The van der Waals surface area contributed by atoms with Crippen LogP contribution in [-0.2, 0) is 19.4 Å². The van der Waals surface area contributed by atoms with Crippen molar-refractivity contribution in [3.63, 3.8) is 0 Å². The minimum atomic E-state index is -0.908. The van der Waals surface area contributed by atoms with Gasteiger partial charge in [0.2, 0.25) is 0 Å². The van der Waals surface area contributed by atoms with Crippen molar-refractivity contribution in [3.05, 3.63) is 29.6 Å². The number of hydrogen-bond acceptors (Lipinski definition) is 4. The Morgan fingerprint density at radius 2 is 2.00 bits per heavy atom. The van der Waals surface area contributed by atoms with E-state index in [4.69, 9.17) is 0 Å². The maximum Gasteiger partial charge on any atom is 0.356 e. The van der Waals surface area contributed by atoms with Crippen LogP contribution in [0.3, 0.4) is 0 Å². The van der Waals surface area contributed by atoms with E-state index in [0.717, 1.165) is 62.6 Å². The van der Waals surface area contributed by atoms with Gasteiger partial charge in [-0.15, -0.1) is 6.58 Å². The van der Waals surface area contributed by atoms with Crippen molar-refractivity contribution in [2.24, 2.45) is 5.92 Å². The molecule has 1 saturated carbocycles. The van der Waals surface area contributed by atoms with E-state index >= 15 is 0 Å². The number of allylic oxidation sites excluding steroid dienone is 1. The summed E-state index contributed by atoms with van der Waals surface area (Å²) in [6.45, 7) is 10.1. The monoisotopic (exact) mass is 344 g/mol. The Morgan fingerprint density at radius 3 is 2.64 bits per heavy atom. The molecule has 0 aromatic carbocycles. The van der Waals surface area contributed by atoms with Gasteiger partial charge in [0, 0.05) is 50.0 Å². The molecule has 0 unspecified atom stereocenters. The van der Waals surface area contributed by atoms with Gasteiger partial charge < -0.3 is 10.0 Å². The summed E-state index contributed by atoms with van der Waals surface area (Å²) >= 11 is 0. The van der Waals surface area contributed by atoms with Gasteiger partial charge in [-0.05, 0) is 38.0 Å². The zero-order valence-corrected chi connectivity index (χ0v) is 14.9. The number of aromatic nitrogens is 2. The van der Waals surface area contributed by atoms with Gasteiger partial charge in [-0.25, -0.2) is 4.79 Å². The van der Waals surface area contributed by atoms with Gasteiger partial charge >= 0.3 is 5.97 Å². The van der Waals surface area contributed by atoms with Crippen molar-refractivity contribution in [2.75, 3.05) is 32.7 Å². The lowest BCUT2D eigenvalue weighted by Gasteiger charge is -2.40. The van der Waals surface area contributed by atoms with Crippen molar-refractivity contribution in [2.45, 2.75) is 44.7 Å². The number of carboxylic acid groups (broad SMARTS) is 1. The average molecular weight is 344 g/mol. The Balaban J connectivity index is 1.43. The summed E-state index contributed by atoms with van der Waals surface area (Å²) in [5.74, 6) is 0.0478. The number of carbonyl (C=O) groups is 1.